The summed E-state index contributed by atoms with van der Waals surface area (Å²) in [5.74, 6) is 1.44. The fourth-order valence-corrected chi connectivity index (χ4v) is 3.93. The van der Waals surface area contributed by atoms with Crippen LogP contribution in [-0.2, 0) is 4.74 Å². The van der Waals surface area contributed by atoms with E-state index in [-0.39, 0.29) is 5.41 Å². The van der Waals surface area contributed by atoms with Crippen LogP contribution in [-0.4, -0.2) is 25.3 Å². The first kappa shape index (κ1) is 16.3. The largest absolute Gasteiger partial charge is 0.377 e. The van der Waals surface area contributed by atoms with Gasteiger partial charge < -0.3 is 10.1 Å². The maximum absolute atomic E-state index is 6.05. The fourth-order valence-electron chi connectivity index (χ4n) is 3.93. The lowest BCUT2D eigenvalue weighted by molar-refractivity contribution is -0.123. The van der Waals surface area contributed by atoms with Crippen LogP contribution in [0.4, 0.5) is 0 Å². The predicted octanol–water partition coefficient (Wildman–Crippen LogP) is 4.10. The molecule has 0 aromatic heterocycles. The van der Waals surface area contributed by atoms with Gasteiger partial charge in [-0.3, -0.25) is 0 Å². The van der Waals surface area contributed by atoms with Crippen molar-refractivity contribution < 1.29 is 4.74 Å². The van der Waals surface area contributed by atoms with E-state index in [1.165, 1.54) is 6.42 Å². The Morgan fingerprint density at radius 3 is 2.00 bits per heavy atom. The van der Waals surface area contributed by atoms with Crippen LogP contribution >= 0.6 is 0 Å². The Hall–Kier alpha value is -0.0800. The molecule has 2 heteroatoms. The summed E-state index contributed by atoms with van der Waals surface area (Å²) in [6.07, 6.45) is 1.61. The molecule has 0 aromatic carbocycles. The minimum atomic E-state index is 0.276. The molecule has 2 nitrogen and oxygen atoms in total. The Morgan fingerprint density at radius 1 is 1.05 bits per heavy atom. The molecule has 0 aromatic rings. The molecule has 0 heterocycles. The maximum atomic E-state index is 6.05. The summed E-state index contributed by atoms with van der Waals surface area (Å²) in [7, 11) is 0. The highest BCUT2D eigenvalue weighted by Gasteiger charge is 2.64. The first-order chi connectivity index (χ1) is 9.01. The van der Waals surface area contributed by atoms with Crippen molar-refractivity contribution in [2.75, 3.05) is 13.2 Å². The fraction of sp³-hybridized carbons (Fsp3) is 1.00. The van der Waals surface area contributed by atoms with Crippen molar-refractivity contribution in [1.82, 2.24) is 5.32 Å². The monoisotopic (exact) mass is 281 g/mol. The summed E-state index contributed by atoms with van der Waals surface area (Å²) in [6, 6.07) is 0.617. The van der Waals surface area contributed by atoms with Crippen molar-refractivity contribution in [2.45, 2.75) is 74.0 Å². The second-order valence-corrected chi connectivity index (χ2v) is 9.23. The molecule has 2 atom stereocenters. The molecule has 118 valence electrons. The van der Waals surface area contributed by atoms with E-state index >= 15 is 0 Å². The van der Waals surface area contributed by atoms with Gasteiger partial charge in [0.25, 0.3) is 0 Å². The molecule has 2 saturated carbocycles. The second kappa shape index (κ2) is 4.98. The van der Waals surface area contributed by atoms with E-state index < -0.39 is 0 Å². The highest BCUT2D eigenvalue weighted by Crippen LogP contribution is 2.68. The smallest absolute Gasteiger partial charge is 0.0656 e. The molecular weight excluding hydrogens is 246 g/mol. The van der Waals surface area contributed by atoms with Crippen molar-refractivity contribution in [3.05, 3.63) is 0 Å². The van der Waals surface area contributed by atoms with Crippen LogP contribution in [0.1, 0.15) is 61.8 Å². The van der Waals surface area contributed by atoms with Crippen molar-refractivity contribution in [3.63, 3.8) is 0 Å². The van der Waals surface area contributed by atoms with Crippen molar-refractivity contribution in [1.29, 1.82) is 0 Å². The van der Waals surface area contributed by atoms with E-state index in [4.69, 9.17) is 4.74 Å². The molecule has 20 heavy (non-hydrogen) atoms. The van der Waals surface area contributed by atoms with E-state index in [0.717, 1.165) is 19.1 Å². The van der Waals surface area contributed by atoms with Crippen molar-refractivity contribution in [3.8, 4) is 0 Å². The minimum Gasteiger partial charge on any atom is -0.377 e. The van der Waals surface area contributed by atoms with Gasteiger partial charge in [-0.05, 0) is 35.6 Å². The van der Waals surface area contributed by atoms with Crippen LogP contribution in [0.3, 0.4) is 0 Å². The molecule has 2 aliphatic rings. The van der Waals surface area contributed by atoms with Gasteiger partial charge in [-0.15, -0.1) is 0 Å². The maximum Gasteiger partial charge on any atom is 0.0656 e. The number of hydrogen-bond acceptors (Lipinski definition) is 2. The Morgan fingerprint density at radius 2 is 1.60 bits per heavy atom. The number of ether oxygens (including phenoxy) is 1. The third-order valence-electron chi connectivity index (χ3n) is 6.70. The van der Waals surface area contributed by atoms with Gasteiger partial charge in [0, 0.05) is 18.1 Å². The summed E-state index contributed by atoms with van der Waals surface area (Å²) >= 11 is 0. The number of rotatable bonds is 6. The predicted molar refractivity (Wildman–Crippen MR) is 85.8 cm³/mol. The second-order valence-electron chi connectivity index (χ2n) is 9.23. The van der Waals surface area contributed by atoms with Crippen LogP contribution in [0, 0.1) is 28.1 Å². The Kier molecular flexibility index (Phi) is 4.06. The zero-order valence-corrected chi connectivity index (χ0v) is 14.8. The molecule has 2 unspecified atom stereocenters. The number of nitrogens with one attached hydrogen (secondary N) is 1. The lowest BCUT2D eigenvalue weighted by Gasteiger charge is -2.52. The Bertz CT molecular complexity index is 342. The zero-order valence-electron chi connectivity index (χ0n) is 14.8. The average molecular weight is 281 g/mol. The van der Waals surface area contributed by atoms with Gasteiger partial charge in [-0.25, -0.2) is 0 Å². The molecule has 1 N–H and O–H groups in total. The zero-order chi connectivity index (χ0) is 15.3. The van der Waals surface area contributed by atoms with Gasteiger partial charge in [0.05, 0.1) is 6.10 Å². The first-order valence-electron chi connectivity index (χ1n) is 8.36. The summed E-state index contributed by atoms with van der Waals surface area (Å²) in [5.41, 5.74) is 1.25. The summed E-state index contributed by atoms with van der Waals surface area (Å²) in [5, 5.41) is 3.82. The van der Waals surface area contributed by atoms with Gasteiger partial charge >= 0.3 is 0 Å². The number of hydrogen-bond donors (Lipinski definition) is 1. The quantitative estimate of drug-likeness (QED) is 0.791. The van der Waals surface area contributed by atoms with Crippen molar-refractivity contribution >= 4 is 0 Å². The van der Waals surface area contributed by atoms with Crippen LogP contribution in [0.25, 0.3) is 0 Å². The normalized spacial score (nSPS) is 34.0. The topological polar surface area (TPSA) is 21.3 Å². The molecule has 0 radical (unpaired) electrons. The van der Waals surface area contributed by atoms with E-state index in [2.05, 4.69) is 60.7 Å². The highest BCUT2D eigenvalue weighted by molar-refractivity contribution is 5.14. The SMILES string of the molecule is CC(C)COC1CC(NCC2C(C)(C)C2(C)C)C1(C)C. The molecule has 0 spiro atoms. The Balaban J connectivity index is 1.77. The first-order valence-corrected chi connectivity index (χ1v) is 8.36. The average Bonchev–Trinajstić information content (AvgIpc) is 2.68. The lowest BCUT2D eigenvalue weighted by atomic mass is 9.64. The van der Waals surface area contributed by atoms with Gasteiger partial charge in [0.1, 0.15) is 0 Å². The molecule has 2 rings (SSSR count). The van der Waals surface area contributed by atoms with Crippen LogP contribution in [0.5, 0.6) is 0 Å². The Labute approximate surface area is 126 Å². The molecule has 0 saturated heterocycles. The minimum absolute atomic E-state index is 0.276. The lowest BCUT2D eigenvalue weighted by Crippen LogP contribution is -2.61. The summed E-state index contributed by atoms with van der Waals surface area (Å²) < 4.78 is 6.05. The molecule has 2 aliphatic carbocycles. The van der Waals surface area contributed by atoms with E-state index in [9.17, 15) is 0 Å². The van der Waals surface area contributed by atoms with E-state index in [0.29, 0.717) is 28.9 Å². The van der Waals surface area contributed by atoms with Gasteiger partial charge in [-0.1, -0.05) is 55.4 Å². The van der Waals surface area contributed by atoms with Gasteiger partial charge in [0.15, 0.2) is 0 Å². The van der Waals surface area contributed by atoms with Crippen LogP contribution in [0.2, 0.25) is 0 Å². The summed E-state index contributed by atoms with van der Waals surface area (Å²) in [4.78, 5) is 0. The van der Waals surface area contributed by atoms with Gasteiger partial charge in [0.2, 0.25) is 0 Å². The van der Waals surface area contributed by atoms with Gasteiger partial charge in [-0.2, -0.15) is 0 Å². The highest BCUT2D eigenvalue weighted by atomic mass is 16.5. The van der Waals surface area contributed by atoms with E-state index in [1.807, 2.05) is 0 Å². The molecule has 2 fully saturated rings. The molecule has 0 aliphatic heterocycles. The summed E-state index contributed by atoms with van der Waals surface area (Å²) in [6.45, 7) is 20.8. The van der Waals surface area contributed by atoms with Crippen molar-refractivity contribution in [2.24, 2.45) is 28.1 Å². The molecule has 0 bridgehead atoms. The third-order valence-corrected chi connectivity index (χ3v) is 6.70. The van der Waals surface area contributed by atoms with E-state index in [1.54, 1.807) is 0 Å². The van der Waals surface area contributed by atoms with Crippen LogP contribution in [0.15, 0.2) is 0 Å². The molecular formula is C18H35NO. The van der Waals surface area contributed by atoms with Crippen LogP contribution < -0.4 is 5.32 Å². The third kappa shape index (κ3) is 2.54. The molecule has 0 amide bonds. The standard InChI is InChI=1S/C18H35NO/c1-12(2)11-20-15-9-14(16(15,3)4)19-10-13-17(5,6)18(13,7)8/h12-15,19H,9-11H2,1-8H3.